The van der Waals surface area contributed by atoms with Gasteiger partial charge < -0.3 is 0 Å². The predicted molar refractivity (Wildman–Crippen MR) is 63.7 cm³/mol. The van der Waals surface area contributed by atoms with E-state index in [-0.39, 0.29) is 11.8 Å². The minimum absolute atomic E-state index is 0.174. The Bertz CT molecular complexity index is 393. The van der Waals surface area contributed by atoms with Crippen molar-refractivity contribution < 1.29 is 13.6 Å². The number of hydrogen-bond donors (Lipinski definition) is 2. The van der Waals surface area contributed by atoms with Crippen molar-refractivity contribution in [1.82, 2.24) is 5.43 Å². The van der Waals surface area contributed by atoms with Gasteiger partial charge in [0, 0.05) is 4.90 Å². The molecule has 94 valence electrons. The van der Waals surface area contributed by atoms with Gasteiger partial charge in [0.15, 0.2) is 0 Å². The van der Waals surface area contributed by atoms with Gasteiger partial charge in [-0.3, -0.25) is 10.2 Å². The van der Waals surface area contributed by atoms with Gasteiger partial charge in [-0.1, -0.05) is 26.0 Å². The number of nitrogens with two attached hydrogens (primary N) is 1. The van der Waals surface area contributed by atoms with Gasteiger partial charge in [-0.05, 0) is 35.4 Å². The third-order valence-corrected chi connectivity index (χ3v) is 3.14. The van der Waals surface area contributed by atoms with E-state index >= 15 is 0 Å². The molecule has 1 aromatic carbocycles. The average molecular weight is 260 g/mol. The smallest absolute Gasteiger partial charge is 0.288 e. The zero-order chi connectivity index (χ0) is 13.1. The van der Waals surface area contributed by atoms with Gasteiger partial charge in [0.25, 0.3) is 0 Å². The van der Waals surface area contributed by atoms with E-state index in [9.17, 15) is 13.6 Å². The van der Waals surface area contributed by atoms with Crippen LogP contribution in [0.4, 0.5) is 8.78 Å². The van der Waals surface area contributed by atoms with Crippen LogP contribution in [0, 0.1) is 0 Å². The second-order valence-electron chi connectivity index (χ2n) is 3.82. The molecule has 0 unspecified atom stereocenters. The van der Waals surface area contributed by atoms with Crippen LogP contribution in [0.3, 0.4) is 0 Å². The lowest BCUT2D eigenvalue weighted by Crippen LogP contribution is -2.41. The molecule has 3 N–H and O–H groups in total. The molecule has 0 aromatic heterocycles. The summed E-state index contributed by atoms with van der Waals surface area (Å²) in [5.41, 5.74) is 2.50. The molecule has 0 aliphatic carbocycles. The molecule has 0 atom stereocenters. The molecule has 1 aromatic rings. The zero-order valence-corrected chi connectivity index (χ0v) is 10.4. The Labute approximate surface area is 103 Å². The monoisotopic (exact) mass is 260 g/mol. The van der Waals surface area contributed by atoms with Crippen LogP contribution >= 0.6 is 11.8 Å². The van der Waals surface area contributed by atoms with Crippen LogP contribution in [0.5, 0.6) is 0 Å². The molecule has 17 heavy (non-hydrogen) atoms. The van der Waals surface area contributed by atoms with Crippen molar-refractivity contribution >= 4 is 17.7 Å². The van der Waals surface area contributed by atoms with E-state index in [2.05, 4.69) is 5.84 Å². The molecule has 0 aliphatic heterocycles. The summed E-state index contributed by atoms with van der Waals surface area (Å²) in [7, 11) is 0. The van der Waals surface area contributed by atoms with Crippen LogP contribution in [-0.2, 0) is 4.79 Å². The molecular weight excluding hydrogens is 246 g/mol. The summed E-state index contributed by atoms with van der Waals surface area (Å²) in [5, 5.41) is -3.56. The predicted octanol–water partition coefficient (Wildman–Crippen LogP) is 2.48. The second kappa shape index (κ2) is 5.46. The maximum Gasteiger partial charge on any atom is 0.376 e. The first-order chi connectivity index (χ1) is 7.86. The highest BCUT2D eigenvalue weighted by Gasteiger charge is 2.39. The molecule has 0 heterocycles. The quantitative estimate of drug-likeness (QED) is 0.378. The van der Waals surface area contributed by atoms with Gasteiger partial charge in [-0.25, -0.2) is 5.84 Å². The van der Waals surface area contributed by atoms with Crippen molar-refractivity contribution in [2.45, 2.75) is 29.9 Å². The lowest BCUT2D eigenvalue weighted by Gasteiger charge is -2.14. The molecule has 0 saturated carbocycles. The molecule has 0 fully saturated rings. The fraction of sp³-hybridized carbons (Fsp3) is 0.364. The number of hydrogen-bond acceptors (Lipinski definition) is 3. The van der Waals surface area contributed by atoms with Crippen molar-refractivity contribution in [3.63, 3.8) is 0 Å². The molecule has 0 spiro atoms. The molecule has 1 rings (SSSR count). The van der Waals surface area contributed by atoms with Crippen LogP contribution in [0.25, 0.3) is 0 Å². The highest BCUT2D eigenvalue weighted by atomic mass is 32.2. The summed E-state index contributed by atoms with van der Waals surface area (Å²) in [6.45, 7) is 4.03. The minimum atomic E-state index is -3.56. The largest absolute Gasteiger partial charge is 0.376 e. The molecule has 0 bridgehead atoms. The van der Waals surface area contributed by atoms with Crippen LogP contribution in [0.15, 0.2) is 29.2 Å². The van der Waals surface area contributed by atoms with Crippen LogP contribution in [-0.4, -0.2) is 11.2 Å². The Morgan fingerprint density at radius 3 is 2.29 bits per heavy atom. The van der Waals surface area contributed by atoms with Gasteiger partial charge in [0.2, 0.25) is 0 Å². The number of rotatable bonds is 4. The van der Waals surface area contributed by atoms with Crippen molar-refractivity contribution in [3.8, 4) is 0 Å². The molecule has 0 saturated heterocycles. The first-order valence-corrected chi connectivity index (χ1v) is 5.86. The van der Waals surface area contributed by atoms with Crippen molar-refractivity contribution in [1.29, 1.82) is 0 Å². The first-order valence-electron chi connectivity index (χ1n) is 5.04. The summed E-state index contributed by atoms with van der Waals surface area (Å²) in [6, 6.07) is 6.67. The highest BCUT2D eigenvalue weighted by Crippen LogP contribution is 2.36. The van der Waals surface area contributed by atoms with E-state index in [0.717, 1.165) is 5.56 Å². The molecule has 6 heteroatoms. The topological polar surface area (TPSA) is 55.1 Å². The average Bonchev–Trinajstić information content (AvgIpc) is 2.28. The number of amides is 1. The maximum atomic E-state index is 13.2. The number of alkyl halides is 2. The zero-order valence-electron chi connectivity index (χ0n) is 9.54. The SMILES string of the molecule is CC(C)c1ccc(SC(F)(F)C(=O)NN)cc1. The van der Waals surface area contributed by atoms with Gasteiger partial charge in [-0.15, -0.1) is 0 Å². The van der Waals surface area contributed by atoms with Gasteiger partial charge in [0.05, 0.1) is 0 Å². The number of benzene rings is 1. The molecule has 1 amide bonds. The number of nitrogens with one attached hydrogen (secondary N) is 1. The van der Waals surface area contributed by atoms with Crippen LogP contribution in [0.2, 0.25) is 0 Å². The summed E-state index contributed by atoms with van der Waals surface area (Å²) < 4.78 is 26.5. The first kappa shape index (κ1) is 13.9. The number of halogens is 2. The molecule has 3 nitrogen and oxygen atoms in total. The fourth-order valence-electron chi connectivity index (χ4n) is 1.20. The Kier molecular flexibility index (Phi) is 4.47. The highest BCUT2D eigenvalue weighted by molar-refractivity contribution is 8.01. The van der Waals surface area contributed by atoms with Gasteiger partial charge in [-0.2, -0.15) is 8.78 Å². The Morgan fingerprint density at radius 2 is 1.88 bits per heavy atom. The standard InChI is InChI=1S/C11H14F2N2OS/c1-7(2)8-3-5-9(6-4-8)17-11(12,13)10(16)15-14/h3-7H,14H2,1-2H3,(H,15,16). The van der Waals surface area contributed by atoms with Crippen molar-refractivity contribution in [2.24, 2.45) is 5.84 Å². The lowest BCUT2D eigenvalue weighted by atomic mass is 10.0. The number of hydrazine groups is 1. The van der Waals surface area contributed by atoms with E-state index in [1.165, 1.54) is 5.43 Å². The number of thioether (sulfide) groups is 1. The normalized spacial score (nSPS) is 11.6. The molecule has 0 aliphatic rings. The Morgan fingerprint density at radius 1 is 1.35 bits per heavy atom. The van der Waals surface area contributed by atoms with Crippen molar-refractivity contribution in [2.75, 3.05) is 0 Å². The summed E-state index contributed by atoms with van der Waals surface area (Å²) in [5.74, 6) is 3.51. The van der Waals surface area contributed by atoms with E-state index in [1.807, 2.05) is 13.8 Å². The van der Waals surface area contributed by atoms with Gasteiger partial charge >= 0.3 is 11.2 Å². The summed E-state index contributed by atoms with van der Waals surface area (Å²) in [4.78, 5) is 11.1. The van der Waals surface area contributed by atoms with E-state index in [1.54, 1.807) is 24.3 Å². The summed E-state index contributed by atoms with van der Waals surface area (Å²) >= 11 is 0.174. The van der Waals surface area contributed by atoms with E-state index < -0.39 is 11.2 Å². The molecule has 0 radical (unpaired) electrons. The third kappa shape index (κ3) is 3.67. The van der Waals surface area contributed by atoms with Crippen LogP contribution in [0.1, 0.15) is 25.3 Å². The number of carbonyl (C=O) groups excluding carboxylic acids is 1. The Balaban J connectivity index is 2.79. The fourth-order valence-corrected chi connectivity index (χ4v) is 1.92. The lowest BCUT2D eigenvalue weighted by molar-refractivity contribution is -0.134. The van der Waals surface area contributed by atoms with Crippen molar-refractivity contribution in [3.05, 3.63) is 29.8 Å². The van der Waals surface area contributed by atoms with Crippen LogP contribution < -0.4 is 11.3 Å². The van der Waals surface area contributed by atoms with Gasteiger partial charge in [0.1, 0.15) is 0 Å². The summed E-state index contributed by atoms with van der Waals surface area (Å²) in [6.07, 6.45) is 0. The minimum Gasteiger partial charge on any atom is -0.288 e. The van der Waals surface area contributed by atoms with E-state index in [4.69, 9.17) is 0 Å². The second-order valence-corrected chi connectivity index (χ2v) is 5.00. The van der Waals surface area contributed by atoms with E-state index in [0.29, 0.717) is 10.8 Å². The third-order valence-electron chi connectivity index (χ3n) is 2.19. The Hall–Kier alpha value is -1.14. The maximum absolute atomic E-state index is 13.2. The number of carbonyl (C=O) groups is 1. The molecular formula is C11H14F2N2OS.